The summed E-state index contributed by atoms with van der Waals surface area (Å²) in [7, 11) is 0. The standard InChI is InChI=1S/C13H15N3O2S/c1-9-11(3-2-6-19-9)15-12-5-4-10(8-14)7-13(12)16(17)18/h4-5,7,9,11,15H,2-3,6H2,1H3. The Morgan fingerprint density at radius 1 is 1.58 bits per heavy atom. The van der Waals surface area contributed by atoms with Crippen molar-refractivity contribution in [2.75, 3.05) is 11.1 Å². The van der Waals surface area contributed by atoms with Crippen LogP contribution >= 0.6 is 11.8 Å². The van der Waals surface area contributed by atoms with Crippen LogP contribution in [0.3, 0.4) is 0 Å². The van der Waals surface area contributed by atoms with Gasteiger partial charge < -0.3 is 5.32 Å². The van der Waals surface area contributed by atoms with Gasteiger partial charge in [0.15, 0.2) is 0 Å². The molecule has 0 saturated carbocycles. The van der Waals surface area contributed by atoms with E-state index in [1.54, 1.807) is 12.1 Å². The van der Waals surface area contributed by atoms with Gasteiger partial charge in [0.2, 0.25) is 0 Å². The molecule has 0 bridgehead atoms. The van der Waals surface area contributed by atoms with Crippen LogP contribution in [0.1, 0.15) is 25.3 Å². The van der Waals surface area contributed by atoms with E-state index in [1.165, 1.54) is 6.07 Å². The molecule has 1 saturated heterocycles. The van der Waals surface area contributed by atoms with Gasteiger partial charge >= 0.3 is 0 Å². The van der Waals surface area contributed by atoms with Crippen molar-refractivity contribution in [2.24, 2.45) is 0 Å². The highest BCUT2D eigenvalue weighted by Crippen LogP contribution is 2.31. The zero-order valence-electron chi connectivity index (χ0n) is 10.6. The maximum absolute atomic E-state index is 11.1. The average Bonchev–Trinajstić information content (AvgIpc) is 2.41. The van der Waals surface area contributed by atoms with Crippen molar-refractivity contribution in [3.8, 4) is 6.07 Å². The molecule has 2 unspecified atom stereocenters. The Hall–Kier alpha value is -1.74. The second kappa shape index (κ2) is 5.93. The summed E-state index contributed by atoms with van der Waals surface area (Å²) in [5, 5.41) is 23.6. The van der Waals surface area contributed by atoms with Crippen LogP contribution in [0.4, 0.5) is 11.4 Å². The molecule has 19 heavy (non-hydrogen) atoms. The van der Waals surface area contributed by atoms with Gasteiger partial charge in [-0.25, -0.2) is 0 Å². The highest BCUT2D eigenvalue weighted by Gasteiger charge is 2.24. The van der Waals surface area contributed by atoms with E-state index in [4.69, 9.17) is 5.26 Å². The number of nitrogens with zero attached hydrogens (tertiary/aromatic N) is 2. The molecule has 1 N–H and O–H groups in total. The van der Waals surface area contributed by atoms with Gasteiger partial charge in [-0.1, -0.05) is 6.92 Å². The monoisotopic (exact) mass is 277 g/mol. The number of anilines is 1. The third kappa shape index (κ3) is 3.18. The van der Waals surface area contributed by atoms with Crippen LogP contribution in [0.5, 0.6) is 0 Å². The molecule has 0 spiro atoms. The van der Waals surface area contributed by atoms with E-state index in [9.17, 15) is 10.1 Å². The van der Waals surface area contributed by atoms with Gasteiger partial charge in [-0.15, -0.1) is 0 Å². The summed E-state index contributed by atoms with van der Waals surface area (Å²) in [5.74, 6) is 1.15. The quantitative estimate of drug-likeness (QED) is 0.678. The highest BCUT2D eigenvalue weighted by molar-refractivity contribution is 8.00. The molecule has 0 radical (unpaired) electrons. The van der Waals surface area contributed by atoms with Gasteiger partial charge in [0, 0.05) is 17.4 Å². The van der Waals surface area contributed by atoms with Crippen molar-refractivity contribution in [3.63, 3.8) is 0 Å². The van der Waals surface area contributed by atoms with Crippen molar-refractivity contribution in [1.82, 2.24) is 0 Å². The van der Waals surface area contributed by atoms with Crippen LogP contribution in [0.15, 0.2) is 18.2 Å². The lowest BCUT2D eigenvalue weighted by molar-refractivity contribution is -0.384. The molecule has 1 aromatic carbocycles. The molecular formula is C13H15N3O2S. The number of rotatable bonds is 3. The van der Waals surface area contributed by atoms with Gasteiger partial charge in [-0.2, -0.15) is 17.0 Å². The Morgan fingerprint density at radius 2 is 2.37 bits per heavy atom. The van der Waals surface area contributed by atoms with Crippen LogP contribution in [0.2, 0.25) is 0 Å². The Kier molecular flexibility index (Phi) is 4.27. The summed E-state index contributed by atoms with van der Waals surface area (Å²) in [5.41, 5.74) is 0.786. The van der Waals surface area contributed by atoms with E-state index >= 15 is 0 Å². The molecule has 1 aliphatic rings. The predicted octanol–water partition coefficient (Wildman–Crippen LogP) is 3.16. The molecule has 5 nitrogen and oxygen atoms in total. The van der Waals surface area contributed by atoms with Crippen molar-refractivity contribution in [2.45, 2.75) is 31.1 Å². The molecule has 1 aromatic rings. The van der Waals surface area contributed by atoms with E-state index in [0.717, 1.165) is 18.6 Å². The molecule has 0 amide bonds. The number of hydrogen-bond donors (Lipinski definition) is 1. The number of nitriles is 1. The van der Waals surface area contributed by atoms with Crippen LogP contribution in [-0.2, 0) is 0 Å². The molecule has 100 valence electrons. The highest BCUT2D eigenvalue weighted by atomic mass is 32.2. The van der Waals surface area contributed by atoms with Gasteiger partial charge in [-0.3, -0.25) is 10.1 Å². The molecule has 1 aliphatic heterocycles. The topological polar surface area (TPSA) is 79.0 Å². The van der Waals surface area contributed by atoms with Crippen molar-refractivity contribution < 1.29 is 4.92 Å². The first-order chi connectivity index (χ1) is 9.11. The molecule has 0 aliphatic carbocycles. The van der Waals surface area contributed by atoms with Crippen molar-refractivity contribution in [3.05, 3.63) is 33.9 Å². The van der Waals surface area contributed by atoms with Gasteiger partial charge in [0.05, 0.1) is 16.6 Å². The first-order valence-electron chi connectivity index (χ1n) is 6.18. The number of thioether (sulfide) groups is 1. The molecule has 2 rings (SSSR count). The lowest BCUT2D eigenvalue weighted by Gasteiger charge is -2.29. The van der Waals surface area contributed by atoms with Crippen molar-refractivity contribution in [1.29, 1.82) is 5.26 Å². The Balaban J connectivity index is 2.24. The zero-order chi connectivity index (χ0) is 13.8. The van der Waals surface area contributed by atoms with Gasteiger partial charge in [0.1, 0.15) is 5.69 Å². The summed E-state index contributed by atoms with van der Waals surface area (Å²) in [6.07, 6.45) is 2.14. The van der Waals surface area contributed by atoms with E-state index < -0.39 is 4.92 Å². The third-order valence-electron chi connectivity index (χ3n) is 3.27. The molecule has 2 atom stereocenters. The van der Waals surface area contributed by atoms with Crippen LogP contribution in [0.25, 0.3) is 0 Å². The lowest BCUT2D eigenvalue weighted by atomic mass is 10.1. The predicted molar refractivity (Wildman–Crippen MR) is 76.4 cm³/mol. The normalized spacial score (nSPS) is 22.5. The van der Waals surface area contributed by atoms with E-state index in [0.29, 0.717) is 16.5 Å². The maximum atomic E-state index is 11.1. The summed E-state index contributed by atoms with van der Waals surface area (Å²) in [4.78, 5) is 10.6. The smallest absolute Gasteiger partial charge is 0.293 e. The zero-order valence-corrected chi connectivity index (χ0v) is 11.4. The number of hydrogen-bond acceptors (Lipinski definition) is 5. The van der Waals surface area contributed by atoms with E-state index in [-0.39, 0.29) is 11.7 Å². The van der Waals surface area contributed by atoms with E-state index in [1.807, 2.05) is 17.8 Å². The number of nitro groups is 1. The number of nitrogens with one attached hydrogen (secondary N) is 1. The summed E-state index contributed by atoms with van der Waals surface area (Å²) >= 11 is 1.88. The molecule has 1 fully saturated rings. The van der Waals surface area contributed by atoms with Crippen molar-refractivity contribution >= 4 is 23.1 Å². The Bertz CT molecular complexity index is 527. The first kappa shape index (κ1) is 13.7. The molecular weight excluding hydrogens is 262 g/mol. The SMILES string of the molecule is CC1SCCCC1Nc1ccc(C#N)cc1[N+](=O)[O-]. The van der Waals surface area contributed by atoms with Crippen LogP contribution in [0, 0.1) is 21.4 Å². The minimum Gasteiger partial charge on any atom is -0.376 e. The average molecular weight is 277 g/mol. The minimum absolute atomic E-state index is 0.0261. The maximum Gasteiger partial charge on any atom is 0.293 e. The second-order valence-electron chi connectivity index (χ2n) is 4.57. The van der Waals surface area contributed by atoms with Gasteiger partial charge in [-0.05, 0) is 30.7 Å². The van der Waals surface area contributed by atoms with Crippen LogP contribution in [-0.4, -0.2) is 22.0 Å². The largest absolute Gasteiger partial charge is 0.376 e. The first-order valence-corrected chi connectivity index (χ1v) is 7.23. The lowest BCUT2D eigenvalue weighted by Crippen LogP contribution is -2.33. The van der Waals surface area contributed by atoms with E-state index in [2.05, 4.69) is 12.2 Å². The fraction of sp³-hybridized carbons (Fsp3) is 0.462. The number of nitro benzene ring substituents is 1. The summed E-state index contributed by atoms with van der Waals surface area (Å²) < 4.78 is 0. The Labute approximate surface area is 116 Å². The molecule has 6 heteroatoms. The fourth-order valence-corrected chi connectivity index (χ4v) is 3.33. The fourth-order valence-electron chi connectivity index (χ4n) is 2.19. The minimum atomic E-state index is -0.441. The third-order valence-corrected chi connectivity index (χ3v) is 4.65. The summed E-state index contributed by atoms with van der Waals surface area (Å²) in [6.45, 7) is 2.14. The second-order valence-corrected chi connectivity index (χ2v) is 6.05. The summed E-state index contributed by atoms with van der Waals surface area (Å²) in [6, 6.07) is 6.72. The molecule has 1 heterocycles. The van der Waals surface area contributed by atoms with Gasteiger partial charge in [0.25, 0.3) is 5.69 Å². The molecule has 0 aromatic heterocycles. The Morgan fingerprint density at radius 3 is 3.00 bits per heavy atom. The number of benzene rings is 1. The van der Waals surface area contributed by atoms with Crippen LogP contribution < -0.4 is 5.32 Å².